The fourth-order valence-corrected chi connectivity index (χ4v) is 3.62. The predicted molar refractivity (Wildman–Crippen MR) is 106 cm³/mol. The van der Waals surface area contributed by atoms with Crippen molar-refractivity contribution in [2.24, 2.45) is 10.5 Å². The molecule has 27 heavy (non-hydrogen) atoms. The molecule has 0 heterocycles. The molecule has 0 atom stereocenters. The van der Waals surface area contributed by atoms with Crippen LogP contribution in [0.15, 0.2) is 41.5 Å². The zero-order valence-electron chi connectivity index (χ0n) is 16.3. The van der Waals surface area contributed by atoms with E-state index in [1.807, 2.05) is 33.8 Å². The number of hydrogen-bond acceptors (Lipinski definition) is 4. The second-order valence-electron chi connectivity index (χ2n) is 7.64. The summed E-state index contributed by atoms with van der Waals surface area (Å²) in [5.74, 6) is 0.192. The van der Waals surface area contributed by atoms with Gasteiger partial charge in [-0.05, 0) is 55.7 Å². The molecule has 0 unspecified atom stereocenters. The smallest absolute Gasteiger partial charge is 0.271 e. The number of ether oxygens (including phenoxy) is 1. The first-order chi connectivity index (χ1) is 12.7. The van der Waals surface area contributed by atoms with Crippen LogP contribution >= 0.6 is 0 Å². The van der Waals surface area contributed by atoms with Crippen molar-refractivity contribution in [2.45, 2.75) is 34.1 Å². The molecule has 0 aliphatic heterocycles. The maximum absolute atomic E-state index is 13.1. The first-order valence-corrected chi connectivity index (χ1v) is 8.90. The molecule has 140 valence electrons. The lowest BCUT2D eigenvalue weighted by Gasteiger charge is -2.32. The number of fused-ring (bicyclic) bond motifs is 1. The van der Waals surface area contributed by atoms with Gasteiger partial charge in [0.2, 0.25) is 5.78 Å². The Morgan fingerprint density at radius 1 is 1.15 bits per heavy atom. The summed E-state index contributed by atoms with van der Waals surface area (Å²) in [6.45, 7) is 7.92. The molecule has 0 aromatic heterocycles. The van der Waals surface area contributed by atoms with Crippen molar-refractivity contribution in [3.8, 4) is 5.75 Å². The summed E-state index contributed by atoms with van der Waals surface area (Å²) in [4.78, 5) is 25.5. The average Bonchev–Trinajstić information content (AvgIpc) is 2.59. The van der Waals surface area contributed by atoms with E-state index in [-0.39, 0.29) is 11.7 Å². The zero-order valence-corrected chi connectivity index (χ0v) is 16.3. The largest absolute Gasteiger partial charge is 0.497 e. The van der Waals surface area contributed by atoms with Gasteiger partial charge >= 0.3 is 0 Å². The van der Waals surface area contributed by atoms with E-state index in [2.05, 4.69) is 16.6 Å². The number of hydrogen-bond donors (Lipinski definition) is 1. The van der Waals surface area contributed by atoms with Gasteiger partial charge < -0.3 is 4.74 Å². The number of Topliss-reactive ketones (excluding diaryl/α,β-unsaturated/α-hetero) is 1. The molecule has 5 nitrogen and oxygen atoms in total. The molecule has 0 spiro atoms. The number of aryl methyl sites for hydroxylation is 2. The SMILES string of the molecule is COc1ccc(C(=O)N/N=C2/C(=O)c3c(C)cc(C)cc3CC2(C)C)cc1. The summed E-state index contributed by atoms with van der Waals surface area (Å²) in [6, 6.07) is 10.8. The van der Waals surface area contributed by atoms with Crippen LogP contribution in [0.2, 0.25) is 0 Å². The van der Waals surface area contributed by atoms with Gasteiger partial charge in [-0.25, -0.2) is 5.43 Å². The number of rotatable bonds is 3. The normalized spacial score (nSPS) is 16.8. The van der Waals surface area contributed by atoms with Crippen molar-refractivity contribution >= 4 is 17.4 Å². The monoisotopic (exact) mass is 364 g/mol. The molecule has 1 aliphatic rings. The maximum Gasteiger partial charge on any atom is 0.271 e. The second kappa shape index (κ2) is 6.99. The minimum atomic E-state index is -0.461. The number of methoxy groups -OCH3 is 1. The van der Waals surface area contributed by atoms with Crippen molar-refractivity contribution in [2.75, 3.05) is 7.11 Å². The highest BCUT2D eigenvalue weighted by Crippen LogP contribution is 2.35. The Bertz CT molecular complexity index is 941. The van der Waals surface area contributed by atoms with Gasteiger partial charge in [-0.15, -0.1) is 0 Å². The van der Waals surface area contributed by atoms with E-state index in [4.69, 9.17) is 4.74 Å². The summed E-state index contributed by atoms with van der Waals surface area (Å²) in [6.07, 6.45) is 0.702. The molecule has 1 aliphatic carbocycles. The fraction of sp³-hybridized carbons (Fsp3) is 0.318. The van der Waals surface area contributed by atoms with E-state index in [0.717, 1.165) is 16.7 Å². The van der Waals surface area contributed by atoms with Crippen molar-refractivity contribution in [1.29, 1.82) is 0 Å². The van der Waals surface area contributed by atoms with Crippen molar-refractivity contribution in [3.05, 3.63) is 64.2 Å². The van der Waals surface area contributed by atoms with Crippen LogP contribution in [0.4, 0.5) is 0 Å². The molecule has 0 saturated carbocycles. The number of ketones is 1. The molecule has 0 saturated heterocycles. The third-order valence-electron chi connectivity index (χ3n) is 4.90. The van der Waals surface area contributed by atoms with Gasteiger partial charge in [-0.3, -0.25) is 9.59 Å². The van der Waals surface area contributed by atoms with Crippen LogP contribution in [-0.2, 0) is 6.42 Å². The number of carbonyl (C=O) groups excluding carboxylic acids is 2. The van der Waals surface area contributed by atoms with Gasteiger partial charge in [0.05, 0.1) is 7.11 Å². The minimum absolute atomic E-state index is 0.117. The Morgan fingerprint density at radius 3 is 2.44 bits per heavy atom. The van der Waals surface area contributed by atoms with E-state index in [0.29, 0.717) is 29.0 Å². The van der Waals surface area contributed by atoms with Gasteiger partial charge in [0.15, 0.2) is 0 Å². The number of nitrogens with zero attached hydrogens (tertiary/aromatic N) is 1. The quantitative estimate of drug-likeness (QED) is 0.841. The van der Waals surface area contributed by atoms with Crippen LogP contribution in [0.5, 0.6) is 5.75 Å². The Labute approximate surface area is 159 Å². The van der Waals surface area contributed by atoms with Crippen LogP contribution in [-0.4, -0.2) is 24.5 Å². The molecule has 3 rings (SSSR count). The number of amides is 1. The molecule has 2 aromatic carbocycles. The topological polar surface area (TPSA) is 67.8 Å². The van der Waals surface area contributed by atoms with Gasteiger partial charge in [0.1, 0.15) is 11.5 Å². The number of carbonyl (C=O) groups is 2. The highest BCUT2D eigenvalue weighted by atomic mass is 16.5. The third kappa shape index (κ3) is 3.63. The first kappa shape index (κ1) is 18.8. The summed E-state index contributed by atoms with van der Waals surface area (Å²) in [7, 11) is 1.57. The van der Waals surface area contributed by atoms with Gasteiger partial charge in [-0.1, -0.05) is 31.5 Å². The molecule has 1 amide bonds. The summed E-state index contributed by atoms with van der Waals surface area (Å²) in [5, 5.41) is 4.23. The van der Waals surface area contributed by atoms with Crippen molar-refractivity contribution < 1.29 is 14.3 Å². The number of nitrogens with one attached hydrogen (secondary N) is 1. The Morgan fingerprint density at radius 2 is 1.81 bits per heavy atom. The van der Waals surface area contributed by atoms with Crippen LogP contribution < -0.4 is 10.2 Å². The molecule has 1 N–H and O–H groups in total. The Balaban J connectivity index is 1.90. The third-order valence-corrected chi connectivity index (χ3v) is 4.90. The fourth-order valence-electron chi connectivity index (χ4n) is 3.62. The molecule has 0 fully saturated rings. The molecule has 2 aromatic rings. The molecule has 0 radical (unpaired) electrons. The number of hydrazone groups is 1. The average molecular weight is 364 g/mol. The first-order valence-electron chi connectivity index (χ1n) is 8.90. The minimum Gasteiger partial charge on any atom is -0.497 e. The van der Waals surface area contributed by atoms with Crippen molar-refractivity contribution in [1.82, 2.24) is 5.43 Å². The van der Waals surface area contributed by atoms with Crippen LogP contribution in [0.3, 0.4) is 0 Å². The summed E-state index contributed by atoms with van der Waals surface area (Å²) in [5.41, 5.74) is 6.75. The van der Waals surface area contributed by atoms with Crippen LogP contribution in [0, 0.1) is 19.3 Å². The lowest BCUT2D eigenvalue weighted by atomic mass is 9.71. The van der Waals surface area contributed by atoms with E-state index >= 15 is 0 Å². The van der Waals surface area contributed by atoms with Crippen LogP contribution in [0.1, 0.15) is 51.3 Å². The Kier molecular flexibility index (Phi) is 4.87. The molecular weight excluding hydrogens is 340 g/mol. The highest BCUT2D eigenvalue weighted by Gasteiger charge is 2.39. The standard InChI is InChI=1S/C22H24N2O3/c1-13-10-14(2)18-16(11-13)12-22(3,4)20(19(18)25)23-24-21(26)15-6-8-17(27-5)9-7-15/h6-11H,12H2,1-5H3,(H,24,26)/b23-20-. The van der Waals surface area contributed by atoms with E-state index < -0.39 is 5.41 Å². The zero-order chi connectivity index (χ0) is 19.8. The predicted octanol–water partition coefficient (Wildman–Crippen LogP) is 3.86. The lowest BCUT2D eigenvalue weighted by molar-refractivity contribution is 0.0954. The Hall–Kier alpha value is -2.95. The second-order valence-corrected chi connectivity index (χ2v) is 7.64. The maximum atomic E-state index is 13.1. The summed E-state index contributed by atoms with van der Waals surface area (Å²) >= 11 is 0. The van der Waals surface area contributed by atoms with E-state index in [1.165, 1.54) is 0 Å². The van der Waals surface area contributed by atoms with Crippen LogP contribution in [0.25, 0.3) is 0 Å². The van der Waals surface area contributed by atoms with Gasteiger partial charge in [0, 0.05) is 16.5 Å². The van der Waals surface area contributed by atoms with E-state index in [9.17, 15) is 9.59 Å². The van der Waals surface area contributed by atoms with Gasteiger partial charge in [-0.2, -0.15) is 5.10 Å². The van der Waals surface area contributed by atoms with E-state index in [1.54, 1.807) is 31.4 Å². The lowest BCUT2D eigenvalue weighted by Crippen LogP contribution is -2.41. The molecular formula is C22H24N2O3. The molecule has 0 bridgehead atoms. The summed E-state index contributed by atoms with van der Waals surface area (Å²) < 4.78 is 5.09. The van der Waals surface area contributed by atoms with Gasteiger partial charge in [0.25, 0.3) is 5.91 Å². The number of benzene rings is 2. The van der Waals surface area contributed by atoms with Crippen molar-refractivity contribution in [3.63, 3.8) is 0 Å². The molecule has 5 heteroatoms. The highest BCUT2D eigenvalue weighted by molar-refractivity contribution is 6.49.